The van der Waals surface area contributed by atoms with Gasteiger partial charge in [-0.2, -0.15) is 0 Å². The first kappa shape index (κ1) is 18.7. The maximum Gasteiger partial charge on any atom is 0.152 e. The number of carbonyl (C=O) groups is 1. The predicted molar refractivity (Wildman–Crippen MR) is 91.7 cm³/mol. The Morgan fingerprint density at radius 2 is 1.43 bits per heavy atom. The van der Waals surface area contributed by atoms with Crippen LogP contribution in [-0.2, 0) is 4.79 Å². The Balaban J connectivity index is 2.48. The maximum absolute atomic E-state index is 12.8. The van der Waals surface area contributed by atoms with Gasteiger partial charge in [0, 0.05) is 5.41 Å². The van der Waals surface area contributed by atoms with Crippen LogP contribution in [0.4, 0.5) is 0 Å². The van der Waals surface area contributed by atoms with Crippen LogP contribution in [0.25, 0.3) is 0 Å². The maximum atomic E-state index is 12.8. The fraction of sp³-hybridized carbons (Fsp3) is 0.947. The fourth-order valence-corrected chi connectivity index (χ4v) is 3.45. The Morgan fingerprint density at radius 3 is 2.00 bits per heavy atom. The zero-order valence-electron chi connectivity index (χ0n) is 14.8. The molecule has 0 radical (unpaired) electrons. The van der Waals surface area contributed by atoms with Gasteiger partial charge in [0.2, 0.25) is 0 Å². The van der Waals surface area contributed by atoms with Crippen molar-refractivity contribution in [2.45, 2.75) is 91.4 Å². The van der Waals surface area contributed by atoms with Crippen molar-refractivity contribution in [3.63, 3.8) is 0 Å². The second-order valence-corrected chi connectivity index (χ2v) is 7.23. The molecule has 1 aliphatic heterocycles. The summed E-state index contributed by atoms with van der Waals surface area (Å²) in [5.74, 6) is 0.511. The summed E-state index contributed by atoms with van der Waals surface area (Å²) < 4.78 is 0. The second kappa shape index (κ2) is 10.4. The number of hydrogen-bond acceptors (Lipinski definition) is 2. The number of Topliss-reactive ketones (excluding diaryl/α,β-unsaturated/α-hetero) is 1. The van der Waals surface area contributed by atoms with Crippen LogP contribution < -0.4 is 0 Å². The minimum atomic E-state index is -0.0640. The molecule has 2 heteroatoms. The van der Waals surface area contributed by atoms with Gasteiger partial charge in [0.1, 0.15) is 0 Å². The van der Waals surface area contributed by atoms with Gasteiger partial charge in [0.05, 0.1) is 6.54 Å². The average molecular weight is 296 g/mol. The van der Waals surface area contributed by atoms with Crippen LogP contribution in [0, 0.1) is 5.41 Å². The molecule has 0 spiro atoms. The summed E-state index contributed by atoms with van der Waals surface area (Å²) in [6.45, 7) is 9.70. The molecule has 0 aromatic rings. The first-order valence-electron chi connectivity index (χ1n) is 9.38. The van der Waals surface area contributed by atoms with Gasteiger partial charge in [-0.25, -0.2) is 0 Å². The molecule has 1 saturated heterocycles. The Morgan fingerprint density at radius 1 is 0.905 bits per heavy atom. The monoisotopic (exact) mass is 295 g/mol. The third-order valence-corrected chi connectivity index (χ3v) is 5.15. The lowest BCUT2D eigenvalue weighted by molar-refractivity contribution is -0.129. The molecule has 124 valence electrons. The summed E-state index contributed by atoms with van der Waals surface area (Å²) in [5, 5.41) is 0. The van der Waals surface area contributed by atoms with E-state index >= 15 is 0 Å². The number of ketones is 1. The third kappa shape index (κ3) is 6.95. The molecule has 1 unspecified atom stereocenters. The fourth-order valence-electron chi connectivity index (χ4n) is 3.45. The number of likely N-dealkylation sites (tertiary alicyclic amines) is 1. The number of hydrogen-bond donors (Lipinski definition) is 0. The Labute approximate surface area is 132 Å². The van der Waals surface area contributed by atoms with Crippen molar-refractivity contribution in [3.05, 3.63) is 0 Å². The van der Waals surface area contributed by atoms with Crippen molar-refractivity contribution >= 4 is 5.78 Å². The van der Waals surface area contributed by atoms with Crippen molar-refractivity contribution in [2.24, 2.45) is 5.41 Å². The molecule has 0 aromatic heterocycles. The van der Waals surface area contributed by atoms with Crippen molar-refractivity contribution in [3.8, 4) is 0 Å². The number of nitrogens with zero attached hydrogens (tertiary/aromatic N) is 1. The first-order chi connectivity index (χ1) is 10.1. The van der Waals surface area contributed by atoms with Crippen molar-refractivity contribution in [2.75, 3.05) is 19.6 Å². The molecule has 0 aromatic carbocycles. The van der Waals surface area contributed by atoms with Gasteiger partial charge >= 0.3 is 0 Å². The molecule has 0 amide bonds. The van der Waals surface area contributed by atoms with Crippen LogP contribution in [-0.4, -0.2) is 30.3 Å². The lowest BCUT2D eigenvalue weighted by Gasteiger charge is -2.30. The zero-order chi connectivity index (χ0) is 15.6. The molecule has 1 rings (SSSR count). The minimum Gasteiger partial charge on any atom is -0.298 e. The quantitative estimate of drug-likeness (QED) is 0.461. The summed E-state index contributed by atoms with van der Waals surface area (Å²) in [6, 6.07) is 0. The van der Waals surface area contributed by atoms with Gasteiger partial charge in [-0.15, -0.1) is 0 Å². The van der Waals surface area contributed by atoms with Crippen LogP contribution >= 0.6 is 0 Å². The summed E-state index contributed by atoms with van der Waals surface area (Å²) in [5.41, 5.74) is -0.0640. The minimum absolute atomic E-state index is 0.0640. The summed E-state index contributed by atoms with van der Waals surface area (Å²) >= 11 is 0. The predicted octanol–water partition coefficient (Wildman–Crippen LogP) is 5.21. The Hall–Kier alpha value is -0.370. The highest BCUT2D eigenvalue weighted by atomic mass is 16.1. The van der Waals surface area contributed by atoms with Gasteiger partial charge < -0.3 is 0 Å². The van der Waals surface area contributed by atoms with Crippen LogP contribution in [0.15, 0.2) is 0 Å². The standard InChI is InChI=1S/C19H37NO/c1-4-6-8-10-14-19(3,13-9-7-5-2)18(21)17-20-15-11-12-16-20/h4-17H2,1-3H3. The molecule has 1 aliphatic rings. The van der Waals surface area contributed by atoms with E-state index in [0.717, 1.165) is 25.9 Å². The summed E-state index contributed by atoms with van der Waals surface area (Å²) in [7, 11) is 0. The Kier molecular flexibility index (Phi) is 9.23. The number of rotatable bonds is 12. The van der Waals surface area contributed by atoms with Crippen molar-refractivity contribution in [1.29, 1.82) is 0 Å². The zero-order valence-corrected chi connectivity index (χ0v) is 14.8. The average Bonchev–Trinajstić information content (AvgIpc) is 2.97. The van der Waals surface area contributed by atoms with E-state index in [4.69, 9.17) is 0 Å². The molecule has 2 nitrogen and oxygen atoms in total. The molecule has 1 atom stereocenters. The molecule has 0 aliphatic carbocycles. The molecule has 0 N–H and O–H groups in total. The van der Waals surface area contributed by atoms with E-state index in [0.29, 0.717) is 12.3 Å². The lowest BCUT2D eigenvalue weighted by Crippen LogP contribution is -2.37. The SMILES string of the molecule is CCCCCCC(C)(CCCCC)C(=O)CN1CCCC1. The number of unbranched alkanes of at least 4 members (excludes halogenated alkanes) is 5. The first-order valence-corrected chi connectivity index (χ1v) is 9.38. The highest BCUT2D eigenvalue weighted by molar-refractivity contribution is 5.86. The van der Waals surface area contributed by atoms with E-state index in [1.54, 1.807) is 0 Å². The number of carbonyl (C=O) groups excluding carboxylic acids is 1. The Bertz CT molecular complexity index is 283. The van der Waals surface area contributed by atoms with Gasteiger partial charge in [-0.1, -0.05) is 65.7 Å². The van der Waals surface area contributed by atoms with Crippen LogP contribution in [0.1, 0.15) is 91.4 Å². The van der Waals surface area contributed by atoms with E-state index in [1.807, 2.05) is 0 Å². The normalized spacial score (nSPS) is 18.8. The van der Waals surface area contributed by atoms with Gasteiger partial charge in [-0.05, 0) is 38.8 Å². The molecule has 0 saturated carbocycles. The van der Waals surface area contributed by atoms with Crippen LogP contribution in [0.3, 0.4) is 0 Å². The van der Waals surface area contributed by atoms with Crippen molar-refractivity contribution < 1.29 is 4.79 Å². The second-order valence-electron chi connectivity index (χ2n) is 7.23. The van der Waals surface area contributed by atoms with Crippen molar-refractivity contribution in [1.82, 2.24) is 4.90 Å². The van der Waals surface area contributed by atoms with E-state index in [-0.39, 0.29) is 5.41 Å². The van der Waals surface area contributed by atoms with E-state index < -0.39 is 0 Å². The highest BCUT2D eigenvalue weighted by Crippen LogP contribution is 2.33. The summed E-state index contributed by atoms with van der Waals surface area (Å²) in [4.78, 5) is 15.2. The molecule has 0 bridgehead atoms. The van der Waals surface area contributed by atoms with E-state index in [9.17, 15) is 4.79 Å². The molecular formula is C19H37NO. The lowest BCUT2D eigenvalue weighted by atomic mass is 9.76. The largest absolute Gasteiger partial charge is 0.298 e. The van der Waals surface area contributed by atoms with Crippen LogP contribution in [0.5, 0.6) is 0 Å². The summed E-state index contributed by atoms with van der Waals surface area (Å²) in [6.07, 6.45) is 13.6. The molecular weight excluding hydrogens is 258 g/mol. The topological polar surface area (TPSA) is 20.3 Å². The molecule has 1 fully saturated rings. The van der Waals surface area contributed by atoms with E-state index in [1.165, 1.54) is 57.8 Å². The molecule has 21 heavy (non-hydrogen) atoms. The smallest absolute Gasteiger partial charge is 0.152 e. The third-order valence-electron chi connectivity index (χ3n) is 5.15. The molecule has 1 heterocycles. The van der Waals surface area contributed by atoms with Gasteiger partial charge in [0.15, 0.2) is 5.78 Å². The van der Waals surface area contributed by atoms with E-state index in [2.05, 4.69) is 25.7 Å². The highest BCUT2D eigenvalue weighted by Gasteiger charge is 2.33. The van der Waals surface area contributed by atoms with Gasteiger partial charge in [0.25, 0.3) is 0 Å². The van der Waals surface area contributed by atoms with Gasteiger partial charge in [-0.3, -0.25) is 9.69 Å². The van der Waals surface area contributed by atoms with Crippen LogP contribution in [0.2, 0.25) is 0 Å².